The molecular weight excluding hydrogens is 441 g/mol. The van der Waals surface area contributed by atoms with Crippen LogP contribution in [-0.2, 0) is 13.2 Å². The van der Waals surface area contributed by atoms with Gasteiger partial charge >= 0.3 is 0 Å². The lowest BCUT2D eigenvalue weighted by Crippen LogP contribution is -2.05. The van der Waals surface area contributed by atoms with Crippen LogP contribution in [0.2, 0.25) is 10.0 Å². The Labute approximate surface area is 151 Å². The van der Waals surface area contributed by atoms with Crippen LogP contribution in [0, 0.1) is 0 Å². The third-order valence-electron chi connectivity index (χ3n) is 2.86. The standard InChI is InChI=1S/C15H13Br2Cl2NO/c1-20-7-9-2-3-10(11(16)4-9)8-21-15-6-13(18)12(17)5-14(15)19/h2-6,20H,7-8H2,1H3. The topological polar surface area (TPSA) is 21.3 Å². The first kappa shape index (κ1) is 17.1. The molecule has 2 rings (SSSR count). The maximum absolute atomic E-state index is 6.14. The lowest BCUT2D eigenvalue weighted by molar-refractivity contribution is 0.305. The second-order valence-corrected chi connectivity index (χ2v) is 6.96. The van der Waals surface area contributed by atoms with E-state index in [9.17, 15) is 0 Å². The molecule has 0 amide bonds. The van der Waals surface area contributed by atoms with Crippen molar-refractivity contribution in [1.29, 1.82) is 0 Å². The Bertz CT molecular complexity index is 650. The van der Waals surface area contributed by atoms with Crippen molar-refractivity contribution < 1.29 is 4.74 Å². The molecule has 0 aliphatic rings. The smallest absolute Gasteiger partial charge is 0.139 e. The molecule has 0 saturated carbocycles. The number of hydrogen-bond acceptors (Lipinski definition) is 2. The number of rotatable bonds is 5. The van der Waals surface area contributed by atoms with E-state index in [2.05, 4.69) is 49.3 Å². The molecule has 0 unspecified atom stereocenters. The average Bonchev–Trinajstić information content (AvgIpc) is 2.43. The van der Waals surface area contributed by atoms with Gasteiger partial charge < -0.3 is 10.1 Å². The summed E-state index contributed by atoms with van der Waals surface area (Å²) in [6.07, 6.45) is 0. The molecule has 0 aliphatic heterocycles. The summed E-state index contributed by atoms with van der Waals surface area (Å²) in [5.41, 5.74) is 2.25. The van der Waals surface area contributed by atoms with E-state index in [0.717, 1.165) is 21.1 Å². The lowest BCUT2D eigenvalue weighted by atomic mass is 10.1. The van der Waals surface area contributed by atoms with Gasteiger partial charge in [-0.1, -0.05) is 51.3 Å². The van der Waals surface area contributed by atoms with Gasteiger partial charge in [0.25, 0.3) is 0 Å². The van der Waals surface area contributed by atoms with E-state index in [-0.39, 0.29) is 0 Å². The first-order chi connectivity index (χ1) is 10.0. The summed E-state index contributed by atoms with van der Waals surface area (Å²) in [4.78, 5) is 0. The van der Waals surface area contributed by atoms with E-state index in [0.29, 0.717) is 22.4 Å². The highest BCUT2D eigenvalue weighted by atomic mass is 79.9. The van der Waals surface area contributed by atoms with Gasteiger partial charge in [-0.25, -0.2) is 0 Å². The second-order valence-electron chi connectivity index (χ2n) is 4.44. The predicted molar refractivity (Wildman–Crippen MR) is 95.4 cm³/mol. The Morgan fingerprint density at radius 2 is 1.81 bits per heavy atom. The Morgan fingerprint density at radius 1 is 1.05 bits per heavy atom. The summed E-state index contributed by atoms with van der Waals surface area (Å²) in [6.45, 7) is 1.24. The summed E-state index contributed by atoms with van der Waals surface area (Å²) in [7, 11) is 1.92. The Kier molecular flexibility index (Phi) is 6.38. The monoisotopic (exact) mass is 451 g/mol. The largest absolute Gasteiger partial charge is 0.487 e. The molecule has 1 N–H and O–H groups in total. The third kappa shape index (κ3) is 4.60. The van der Waals surface area contributed by atoms with E-state index >= 15 is 0 Å². The molecular formula is C15H13Br2Cl2NO. The SMILES string of the molecule is CNCc1ccc(COc2cc(Cl)c(Br)cc2Cl)c(Br)c1. The molecule has 0 atom stereocenters. The minimum atomic E-state index is 0.415. The molecule has 0 aliphatic carbocycles. The summed E-state index contributed by atoms with van der Waals surface area (Å²) < 4.78 is 7.51. The first-order valence-corrected chi connectivity index (χ1v) is 8.54. The lowest BCUT2D eigenvalue weighted by Gasteiger charge is -2.11. The molecule has 0 radical (unpaired) electrons. The van der Waals surface area contributed by atoms with Crippen molar-refractivity contribution in [2.24, 2.45) is 0 Å². The van der Waals surface area contributed by atoms with E-state index in [1.54, 1.807) is 12.1 Å². The van der Waals surface area contributed by atoms with Gasteiger partial charge in [0.1, 0.15) is 12.4 Å². The normalized spacial score (nSPS) is 10.7. The maximum atomic E-state index is 6.14. The van der Waals surface area contributed by atoms with Crippen LogP contribution >= 0.6 is 55.1 Å². The van der Waals surface area contributed by atoms with Crippen LogP contribution in [-0.4, -0.2) is 7.05 Å². The van der Waals surface area contributed by atoms with Gasteiger partial charge in [0, 0.05) is 27.1 Å². The van der Waals surface area contributed by atoms with Crippen molar-refractivity contribution in [3.8, 4) is 5.75 Å². The fourth-order valence-corrected chi connectivity index (χ4v) is 3.18. The first-order valence-electron chi connectivity index (χ1n) is 6.20. The zero-order valence-corrected chi connectivity index (χ0v) is 15.9. The molecule has 2 aromatic carbocycles. The Hall–Kier alpha value is -0.260. The van der Waals surface area contributed by atoms with Crippen LogP contribution in [0.3, 0.4) is 0 Å². The van der Waals surface area contributed by atoms with Crippen molar-refractivity contribution in [3.05, 3.63) is 60.4 Å². The van der Waals surface area contributed by atoms with Crippen LogP contribution < -0.4 is 10.1 Å². The molecule has 2 nitrogen and oxygen atoms in total. The fourth-order valence-electron chi connectivity index (χ4n) is 1.79. The summed E-state index contributed by atoms with van der Waals surface area (Å²) in [5.74, 6) is 0.566. The molecule has 0 bridgehead atoms. The third-order valence-corrected chi connectivity index (χ3v) is 5.09. The number of halogens is 4. The van der Waals surface area contributed by atoms with Crippen molar-refractivity contribution in [2.45, 2.75) is 13.2 Å². The fraction of sp³-hybridized carbons (Fsp3) is 0.200. The number of nitrogens with one attached hydrogen (secondary N) is 1. The van der Waals surface area contributed by atoms with Crippen molar-refractivity contribution in [3.63, 3.8) is 0 Å². The zero-order valence-electron chi connectivity index (χ0n) is 11.2. The summed E-state index contributed by atoms with van der Waals surface area (Å²) in [5, 5.41) is 4.21. The average molecular weight is 454 g/mol. The van der Waals surface area contributed by atoms with Crippen molar-refractivity contribution in [1.82, 2.24) is 5.32 Å². The number of benzene rings is 2. The molecule has 0 spiro atoms. The van der Waals surface area contributed by atoms with Gasteiger partial charge in [0.05, 0.1) is 10.0 Å². The predicted octanol–water partition coefficient (Wildman–Crippen LogP) is 5.82. The highest BCUT2D eigenvalue weighted by Gasteiger charge is 2.08. The van der Waals surface area contributed by atoms with E-state index in [1.807, 2.05) is 13.1 Å². The molecule has 112 valence electrons. The second kappa shape index (κ2) is 7.84. The Balaban J connectivity index is 2.11. The number of hydrogen-bond donors (Lipinski definition) is 1. The van der Waals surface area contributed by atoms with Gasteiger partial charge in [-0.05, 0) is 40.7 Å². The highest BCUT2D eigenvalue weighted by Crippen LogP contribution is 2.34. The molecule has 0 aromatic heterocycles. The Morgan fingerprint density at radius 3 is 2.48 bits per heavy atom. The zero-order chi connectivity index (χ0) is 15.4. The van der Waals surface area contributed by atoms with Gasteiger partial charge in [-0.2, -0.15) is 0 Å². The van der Waals surface area contributed by atoms with Gasteiger partial charge in [0.2, 0.25) is 0 Å². The van der Waals surface area contributed by atoms with Crippen LogP contribution in [0.15, 0.2) is 39.3 Å². The molecule has 2 aromatic rings. The molecule has 0 fully saturated rings. The number of ether oxygens (including phenoxy) is 1. The van der Waals surface area contributed by atoms with E-state index in [4.69, 9.17) is 27.9 Å². The highest BCUT2D eigenvalue weighted by molar-refractivity contribution is 9.10. The minimum absolute atomic E-state index is 0.415. The molecule has 21 heavy (non-hydrogen) atoms. The molecule has 0 heterocycles. The maximum Gasteiger partial charge on any atom is 0.139 e. The van der Waals surface area contributed by atoms with Gasteiger partial charge in [-0.15, -0.1) is 0 Å². The van der Waals surface area contributed by atoms with E-state index in [1.165, 1.54) is 5.56 Å². The molecule has 6 heteroatoms. The van der Waals surface area contributed by atoms with Crippen LogP contribution in [0.5, 0.6) is 5.75 Å². The van der Waals surface area contributed by atoms with Crippen molar-refractivity contribution in [2.75, 3.05) is 7.05 Å². The van der Waals surface area contributed by atoms with Crippen LogP contribution in [0.25, 0.3) is 0 Å². The van der Waals surface area contributed by atoms with Gasteiger partial charge in [0.15, 0.2) is 0 Å². The summed E-state index contributed by atoms with van der Waals surface area (Å²) >= 11 is 19.1. The van der Waals surface area contributed by atoms with Crippen molar-refractivity contribution >= 4 is 55.1 Å². The van der Waals surface area contributed by atoms with Gasteiger partial charge in [-0.3, -0.25) is 0 Å². The quantitative estimate of drug-likeness (QED) is 0.576. The van der Waals surface area contributed by atoms with E-state index < -0.39 is 0 Å². The molecule has 0 saturated heterocycles. The van der Waals surface area contributed by atoms with Crippen LogP contribution in [0.1, 0.15) is 11.1 Å². The summed E-state index contributed by atoms with van der Waals surface area (Å²) in [6, 6.07) is 9.61. The van der Waals surface area contributed by atoms with Crippen LogP contribution in [0.4, 0.5) is 0 Å². The minimum Gasteiger partial charge on any atom is -0.487 e.